The van der Waals surface area contributed by atoms with Crippen molar-refractivity contribution in [2.45, 2.75) is 65.3 Å². The number of hydrogen-bond donors (Lipinski definition) is 1. The molecule has 1 aromatic rings. The fraction of sp³-hybridized carbons (Fsp3) is 0.765. The summed E-state index contributed by atoms with van der Waals surface area (Å²) in [6, 6.07) is 2.62. The highest BCUT2D eigenvalue weighted by Crippen LogP contribution is 2.51. The Morgan fingerprint density at radius 1 is 1.32 bits per heavy atom. The van der Waals surface area contributed by atoms with Crippen LogP contribution in [0.2, 0.25) is 0 Å². The first kappa shape index (κ1) is 14.6. The predicted octanol–water partition coefficient (Wildman–Crippen LogP) is 4.93. The maximum atomic E-state index is 5.34. The fourth-order valence-electron chi connectivity index (χ4n) is 3.92. The first-order valence-corrected chi connectivity index (χ1v) is 7.93. The van der Waals surface area contributed by atoms with Gasteiger partial charge in [-0.05, 0) is 49.6 Å². The molecular formula is C17H29NO. The van der Waals surface area contributed by atoms with Crippen LogP contribution in [0.15, 0.2) is 23.0 Å². The molecule has 0 amide bonds. The van der Waals surface area contributed by atoms with Crippen LogP contribution in [0.25, 0.3) is 0 Å². The fourth-order valence-corrected chi connectivity index (χ4v) is 3.92. The first-order chi connectivity index (χ1) is 9.18. The number of furan rings is 1. The normalized spacial score (nSPS) is 20.0. The Morgan fingerprint density at radius 2 is 2.05 bits per heavy atom. The SMILES string of the molecule is CCCNC(c1ccoc1)C1(CC(C)C)CCCC1. The van der Waals surface area contributed by atoms with Gasteiger partial charge in [-0.15, -0.1) is 0 Å². The lowest BCUT2D eigenvalue weighted by atomic mass is 9.70. The molecule has 0 aliphatic heterocycles. The summed E-state index contributed by atoms with van der Waals surface area (Å²) in [6.45, 7) is 8.04. The van der Waals surface area contributed by atoms with Gasteiger partial charge in [0.25, 0.3) is 0 Å². The van der Waals surface area contributed by atoms with E-state index in [1.807, 2.05) is 12.5 Å². The Hall–Kier alpha value is -0.760. The third-order valence-corrected chi connectivity index (χ3v) is 4.50. The molecule has 0 saturated heterocycles. The molecule has 1 atom stereocenters. The van der Waals surface area contributed by atoms with Crippen LogP contribution >= 0.6 is 0 Å². The minimum Gasteiger partial charge on any atom is -0.472 e. The molecular weight excluding hydrogens is 234 g/mol. The van der Waals surface area contributed by atoms with Crippen LogP contribution in [0.3, 0.4) is 0 Å². The largest absolute Gasteiger partial charge is 0.472 e. The summed E-state index contributed by atoms with van der Waals surface area (Å²) in [4.78, 5) is 0. The van der Waals surface area contributed by atoms with Crippen LogP contribution < -0.4 is 5.32 Å². The van der Waals surface area contributed by atoms with Gasteiger partial charge in [0.1, 0.15) is 0 Å². The summed E-state index contributed by atoms with van der Waals surface area (Å²) >= 11 is 0. The molecule has 2 nitrogen and oxygen atoms in total. The van der Waals surface area contributed by atoms with E-state index in [0.717, 1.165) is 12.5 Å². The van der Waals surface area contributed by atoms with Crippen molar-refractivity contribution in [3.8, 4) is 0 Å². The zero-order valence-electron chi connectivity index (χ0n) is 12.7. The van der Waals surface area contributed by atoms with Gasteiger partial charge in [-0.2, -0.15) is 0 Å². The van der Waals surface area contributed by atoms with Crippen molar-refractivity contribution in [3.05, 3.63) is 24.2 Å². The van der Waals surface area contributed by atoms with Crippen LogP contribution in [-0.2, 0) is 0 Å². The monoisotopic (exact) mass is 263 g/mol. The van der Waals surface area contributed by atoms with E-state index in [9.17, 15) is 0 Å². The third-order valence-electron chi connectivity index (χ3n) is 4.50. The minimum absolute atomic E-state index is 0.438. The molecule has 1 N–H and O–H groups in total. The van der Waals surface area contributed by atoms with E-state index in [2.05, 4.69) is 32.2 Å². The average molecular weight is 263 g/mol. The number of rotatable bonds is 7. The van der Waals surface area contributed by atoms with Crippen LogP contribution in [0.1, 0.15) is 70.9 Å². The summed E-state index contributed by atoms with van der Waals surface area (Å²) in [5.74, 6) is 0.760. The second kappa shape index (κ2) is 6.60. The maximum absolute atomic E-state index is 5.34. The van der Waals surface area contributed by atoms with Crippen molar-refractivity contribution >= 4 is 0 Å². The lowest BCUT2D eigenvalue weighted by molar-refractivity contribution is 0.155. The topological polar surface area (TPSA) is 25.2 Å². The molecule has 0 bridgehead atoms. The molecule has 1 aromatic heterocycles. The first-order valence-electron chi connectivity index (χ1n) is 7.93. The molecule has 0 radical (unpaired) electrons. The van der Waals surface area contributed by atoms with Crippen molar-refractivity contribution in [1.82, 2.24) is 5.32 Å². The Bertz CT molecular complexity index is 349. The minimum atomic E-state index is 0.438. The zero-order valence-corrected chi connectivity index (χ0v) is 12.7. The lowest BCUT2D eigenvalue weighted by Gasteiger charge is -2.39. The summed E-state index contributed by atoms with van der Waals surface area (Å²) in [7, 11) is 0. The lowest BCUT2D eigenvalue weighted by Crippen LogP contribution is -2.37. The highest BCUT2D eigenvalue weighted by Gasteiger charge is 2.42. The molecule has 2 heteroatoms. The van der Waals surface area contributed by atoms with Gasteiger partial charge in [0.2, 0.25) is 0 Å². The summed E-state index contributed by atoms with van der Waals surface area (Å²) in [6.07, 6.45) is 11.7. The number of nitrogens with one attached hydrogen (secondary N) is 1. The summed E-state index contributed by atoms with van der Waals surface area (Å²) < 4.78 is 5.34. The molecule has 1 saturated carbocycles. The summed E-state index contributed by atoms with van der Waals surface area (Å²) in [5, 5.41) is 3.80. The van der Waals surface area contributed by atoms with Gasteiger partial charge >= 0.3 is 0 Å². The van der Waals surface area contributed by atoms with E-state index in [-0.39, 0.29) is 0 Å². The Labute approximate surface area is 118 Å². The van der Waals surface area contributed by atoms with Gasteiger partial charge in [0.15, 0.2) is 0 Å². The van der Waals surface area contributed by atoms with Gasteiger partial charge in [0, 0.05) is 11.6 Å². The van der Waals surface area contributed by atoms with Gasteiger partial charge in [-0.1, -0.05) is 33.6 Å². The molecule has 1 unspecified atom stereocenters. The molecule has 1 aliphatic rings. The van der Waals surface area contributed by atoms with Crippen molar-refractivity contribution in [2.24, 2.45) is 11.3 Å². The van der Waals surface area contributed by atoms with Crippen molar-refractivity contribution in [3.63, 3.8) is 0 Å². The highest BCUT2D eigenvalue weighted by molar-refractivity contribution is 5.17. The number of hydrogen-bond acceptors (Lipinski definition) is 2. The second-order valence-corrected chi connectivity index (χ2v) is 6.61. The van der Waals surface area contributed by atoms with E-state index in [0.29, 0.717) is 11.5 Å². The van der Waals surface area contributed by atoms with Crippen molar-refractivity contribution < 1.29 is 4.42 Å². The highest BCUT2D eigenvalue weighted by atomic mass is 16.3. The van der Waals surface area contributed by atoms with E-state index < -0.39 is 0 Å². The van der Waals surface area contributed by atoms with Crippen LogP contribution in [-0.4, -0.2) is 6.54 Å². The van der Waals surface area contributed by atoms with Gasteiger partial charge in [0.05, 0.1) is 12.5 Å². The average Bonchev–Trinajstić information content (AvgIpc) is 3.01. The van der Waals surface area contributed by atoms with Crippen LogP contribution in [0.4, 0.5) is 0 Å². The smallest absolute Gasteiger partial charge is 0.0950 e. The standard InChI is InChI=1S/C17H29NO/c1-4-10-18-16(15-7-11-19-13-15)17(12-14(2)3)8-5-6-9-17/h7,11,13-14,16,18H,4-6,8-10,12H2,1-3H3. The van der Waals surface area contributed by atoms with Crippen molar-refractivity contribution in [2.75, 3.05) is 6.54 Å². The molecule has 0 aromatic carbocycles. The van der Waals surface area contributed by atoms with Crippen LogP contribution in [0, 0.1) is 11.3 Å². The van der Waals surface area contributed by atoms with E-state index in [1.165, 1.54) is 44.1 Å². The van der Waals surface area contributed by atoms with E-state index in [4.69, 9.17) is 4.42 Å². The van der Waals surface area contributed by atoms with Gasteiger partial charge in [-0.25, -0.2) is 0 Å². The molecule has 1 fully saturated rings. The maximum Gasteiger partial charge on any atom is 0.0950 e. The molecule has 2 rings (SSSR count). The predicted molar refractivity (Wildman–Crippen MR) is 80.1 cm³/mol. The van der Waals surface area contributed by atoms with E-state index >= 15 is 0 Å². The van der Waals surface area contributed by atoms with Gasteiger partial charge < -0.3 is 9.73 Å². The Kier molecular flexibility index (Phi) is 5.09. The molecule has 1 heterocycles. The zero-order chi connectivity index (χ0) is 13.7. The molecule has 19 heavy (non-hydrogen) atoms. The molecule has 1 aliphatic carbocycles. The Balaban J connectivity index is 2.22. The van der Waals surface area contributed by atoms with Crippen molar-refractivity contribution in [1.29, 1.82) is 0 Å². The quantitative estimate of drug-likeness (QED) is 0.754. The molecule has 0 spiro atoms. The van der Waals surface area contributed by atoms with E-state index in [1.54, 1.807) is 0 Å². The van der Waals surface area contributed by atoms with Gasteiger partial charge in [-0.3, -0.25) is 0 Å². The Morgan fingerprint density at radius 3 is 2.58 bits per heavy atom. The van der Waals surface area contributed by atoms with Crippen LogP contribution in [0.5, 0.6) is 0 Å². The third kappa shape index (κ3) is 3.42. The second-order valence-electron chi connectivity index (χ2n) is 6.61. The summed E-state index contributed by atoms with van der Waals surface area (Å²) in [5.41, 5.74) is 1.78. The molecule has 108 valence electrons.